The van der Waals surface area contributed by atoms with Gasteiger partial charge in [0.2, 0.25) is 0 Å². The standard InChI is InChI=1S/C12H14O.Ti/c13-9-12(10-5-1-2-6-10)11-7-3-4-8-11;/h1-5,7,12-13H,6,8-9H2;. The van der Waals surface area contributed by atoms with E-state index in [-0.39, 0.29) is 34.2 Å². The van der Waals surface area contributed by atoms with Gasteiger partial charge in [0, 0.05) is 27.6 Å². The average molecular weight is 222 g/mol. The van der Waals surface area contributed by atoms with Gasteiger partial charge in [0.1, 0.15) is 0 Å². The van der Waals surface area contributed by atoms with E-state index in [9.17, 15) is 5.11 Å². The molecule has 0 saturated carbocycles. The minimum absolute atomic E-state index is 0. The second-order valence-electron chi connectivity index (χ2n) is 3.48. The predicted molar refractivity (Wildman–Crippen MR) is 54.3 cm³/mol. The van der Waals surface area contributed by atoms with E-state index in [0.29, 0.717) is 0 Å². The fourth-order valence-corrected chi connectivity index (χ4v) is 1.92. The Morgan fingerprint density at radius 2 is 1.57 bits per heavy atom. The van der Waals surface area contributed by atoms with Crippen molar-refractivity contribution >= 4 is 0 Å². The first-order valence-corrected chi connectivity index (χ1v) is 4.74. The van der Waals surface area contributed by atoms with Crippen molar-refractivity contribution in [2.24, 2.45) is 5.92 Å². The van der Waals surface area contributed by atoms with Crippen molar-refractivity contribution in [2.75, 3.05) is 6.61 Å². The van der Waals surface area contributed by atoms with Gasteiger partial charge in [-0.05, 0) is 12.8 Å². The molecule has 0 aromatic rings. The van der Waals surface area contributed by atoms with Crippen LogP contribution in [0.4, 0.5) is 0 Å². The Kier molecular flexibility index (Phi) is 4.60. The van der Waals surface area contributed by atoms with Crippen LogP contribution in [0.2, 0.25) is 0 Å². The average Bonchev–Trinajstić information content (AvgIpc) is 2.76. The fraction of sp³-hybridized carbons (Fsp3) is 0.333. The number of hydrogen-bond donors (Lipinski definition) is 1. The van der Waals surface area contributed by atoms with Crippen LogP contribution in [-0.4, -0.2) is 11.7 Å². The van der Waals surface area contributed by atoms with Crippen LogP contribution < -0.4 is 0 Å². The van der Waals surface area contributed by atoms with Gasteiger partial charge < -0.3 is 5.11 Å². The topological polar surface area (TPSA) is 20.2 Å². The van der Waals surface area contributed by atoms with Crippen LogP contribution in [0.5, 0.6) is 0 Å². The zero-order valence-electron chi connectivity index (χ0n) is 8.11. The van der Waals surface area contributed by atoms with Crippen LogP contribution in [0, 0.1) is 5.92 Å². The number of rotatable bonds is 3. The summed E-state index contributed by atoms with van der Waals surface area (Å²) in [6.07, 6.45) is 14.7. The molecule has 1 N–H and O–H groups in total. The molecule has 0 atom stereocenters. The molecule has 2 heteroatoms. The smallest absolute Gasteiger partial charge is 0.0534 e. The molecule has 1 nitrogen and oxygen atoms in total. The maximum absolute atomic E-state index is 9.31. The Morgan fingerprint density at radius 3 is 1.86 bits per heavy atom. The maximum atomic E-state index is 9.31. The summed E-state index contributed by atoms with van der Waals surface area (Å²) in [6, 6.07) is 0. The van der Waals surface area contributed by atoms with Gasteiger partial charge in [-0.3, -0.25) is 0 Å². The van der Waals surface area contributed by atoms with Crippen molar-refractivity contribution in [2.45, 2.75) is 12.8 Å². The first-order valence-electron chi connectivity index (χ1n) is 4.74. The summed E-state index contributed by atoms with van der Waals surface area (Å²) in [5.41, 5.74) is 2.69. The molecule has 0 bridgehead atoms. The van der Waals surface area contributed by atoms with E-state index in [2.05, 4.69) is 36.5 Å². The van der Waals surface area contributed by atoms with Crippen LogP contribution in [0.1, 0.15) is 12.8 Å². The molecule has 2 aliphatic carbocycles. The SMILES string of the molecule is OCC(C1=CC=CC1)C1=CC=CC1.[Ti]. The molecule has 0 amide bonds. The summed E-state index contributed by atoms with van der Waals surface area (Å²) < 4.78 is 0. The van der Waals surface area contributed by atoms with Crippen LogP contribution in [0.25, 0.3) is 0 Å². The molecular formula is C12H14OTi. The van der Waals surface area contributed by atoms with Gasteiger partial charge in [-0.1, -0.05) is 47.6 Å². The van der Waals surface area contributed by atoms with E-state index in [4.69, 9.17) is 0 Å². The van der Waals surface area contributed by atoms with Crippen molar-refractivity contribution in [3.63, 3.8) is 0 Å². The van der Waals surface area contributed by atoms with Crippen molar-refractivity contribution in [1.82, 2.24) is 0 Å². The third-order valence-electron chi connectivity index (χ3n) is 2.68. The first-order chi connectivity index (χ1) is 6.42. The molecular weight excluding hydrogens is 208 g/mol. The zero-order valence-corrected chi connectivity index (χ0v) is 9.67. The van der Waals surface area contributed by atoms with Gasteiger partial charge in [-0.25, -0.2) is 0 Å². The molecule has 0 radical (unpaired) electrons. The summed E-state index contributed by atoms with van der Waals surface area (Å²) in [4.78, 5) is 0. The summed E-state index contributed by atoms with van der Waals surface area (Å²) in [6.45, 7) is 0.237. The van der Waals surface area contributed by atoms with Crippen molar-refractivity contribution in [3.8, 4) is 0 Å². The van der Waals surface area contributed by atoms with Crippen LogP contribution in [0.15, 0.2) is 47.6 Å². The van der Waals surface area contributed by atoms with Crippen molar-refractivity contribution in [3.05, 3.63) is 47.6 Å². The summed E-state index contributed by atoms with van der Waals surface area (Å²) in [5.74, 6) is 0.255. The molecule has 0 aliphatic heterocycles. The molecule has 2 rings (SSSR count). The number of aliphatic hydroxyl groups is 1. The van der Waals surface area contributed by atoms with Gasteiger partial charge >= 0.3 is 0 Å². The van der Waals surface area contributed by atoms with E-state index in [1.54, 1.807) is 0 Å². The second-order valence-corrected chi connectivity index (χ2v) is 3.48. The molecule has 0 spiro atoms. The van der Waals surface area contributed by atoms with E-state index >= 15 is 0 Å². The summed E-state index contributed by atoms with van der Waals surface area (Å²) >= 11 is 0. The molecule has 0 heterocycles. The first kappa shape index (κ1) is 11.7. The Hall–Kier alpha value is -0.366. The number of hydrogen-bond acceptors (Lipinski definition) is 1. The maximum Gasteiger partial charge on any atom is 0.0534 e. The molecule has 0 unspecified atom stereocenters. The van der Waals surface area contributed by atoms with Gasteiger partial charge in [0.15, 0.2) is 0 Å². The largest absolute Gasteiger partial charge is 0.395 e. The summed E-state index contributed by atoms with van der Waals surface area (Å²) in [5, 5.41) is 9.31. The second kappa shape index (κ2) is 5.50. The predicted octanol–water partition coefficient (Wildman–Crippen LogP) is 2.37. The van der Waals surface area contributed by atoms with Gasteiger partial charge in [0.25, 0.3) is 0 Å². The Bertz CT molecular complexity index is 280. The molecule has 0 fully saturated rings. The summed E-state index contributed by atoms with van der Waals surface area (Å²) in [7, 11) is 0. The minimum Gasteiger partial charge on any atom is -0.395 e. The Morgan fingerprint density at radius 1 is 1.07 bits per heavy atom. The monoisotopic (exact) mass is 222 g/mol. The van der Waals surface area contributed by atoms with Gasteiger partial charge in [0.05, 0.1) is 6.61 Å². The molecule has 0 aromatic heterocycles. The van der Waals surface area contributed by atoms with Crippen molar-refractivity contribution in [1.29, 1.82) is 0 Å². The molecule has 0 aromatic carbocycles. The van der Waals surface area contributed by atoms with Gasteiger partial charge in [-0.15, -0.1) is 0 Å². The zero-order chi connectivity index (χ0) is 9.10. The van der Waals surface area contributed by atoms with Crippen LogP contribution in [-0.2, 0) is 21.7 Å². The minimum atomic E-state index is 0. The Balaban J connectivity index is 0.000000980. The van der Waals surface area contributed by atoms with Gasteiger partial charge in [-0.2, -0.15) is 0 Å². The third kappa shape index (κ3) is 2.36. The number of aliphatic hydroxyl groups excluding tert-OH is 1. The molecule has 0 saturated heterocycles. The quantitative estimate of drug-likeness (QED) is 0.727. The van der Waals surface area contributed by atoms with E-state index in [1.165, 1.54) is 11.1 Å². The fourth-order valence-electron chi connectivity index (χ4n) is 1.92. The van der Waals surface area contributed by atoms with E-state index < -0.39 is 0 Å². The van der Waals surface area contributed by atoms with Crippen LogP contribution >= 0.6 is 0 Å². The third-order valence-corrected chi connectivity index (χ3v) is 2.68. The van der Waals surface area contributed by atoms with Crippen LogP contribution in [0.3, 0.4) is 0 Å². The number of allylic oxidation sites excluding steroid dienone is 6. The molecule has 2 aliphatic rings. The molecule has 72 valence electrons. The van der Waals surface area contributed by atoms with Crippen molar-refractivity contribution < 1.29 is 26.8 Å². The normalized spacial score (nSPS) is 18.4. The Labute approximate surface area is 99.8 Å². The molecule has 14 heavy (non-hydrogen) atoms. The van der Waals surface area contributed by atoms with E-state index in [1.807, 2.05) is 0 Å². The van der Waals surface area contributed by atoms with E-state index in [0.717, 1.165) is 12.8 Å².